The number of hydrogen-bond acceptors (Lipinski definition) is 3. The van der Waals surface area contributed by atoms with Gasteiger partial charge in [-0.3, -0.25) is 14.8 Å². The summed E-state index contributed by atoms with van der Waals surface area (Å²) in [6, 6.07) is 1.86. The lowest BCUT2D eigenvalue weighted by molar-refractivity contribution is -0.117. The number of rotatable bonds is 2. The molecule has 15 heavy (non-hydrogen) atoms. The van der Waals surface area contributed by atoms with Gasteiger partial charge in [0.15, 0.2) is 5.82 Å². The Morgan fingerprint density at radius 2 is 2.40 bits per heavy atom. The number of carbonyl (C=O) groups excluding carboxylic acids is 1. The van der Waals surface area contributed by atoms with Crippen LogP contribution in [0.15, 0.2) is 6.07 Å². The van der Waals surface area contributed by atoms with Gasteiger partial charge in [0.1, 0.15) is 0 Å². The number of aromatic amines is 1. The fourth-order valence-corrected chi connectivity index (χ4v) is 1.67. The summed E-state index contributed by atoms with van der Waals surface area (Å²) in [5.41, 5.74) is 0.999. The first-order valence-electron chi connectivity index (χ1n) is 5.11. The smallest absolute Gasteiger partial charge is 0.230 e. The highest BCUT2D eigenvalue weighted by Gasteiger charge is 2.30. The Kier molecular flexibility index (Phi) is 2.48. The van der Waals surface area contributed by atoms with E-state index >= 15 is 0 Å². The molecule has 0 radical (unpaired) electrons. The predicted molar refractivity (Wildman–Crippen MR) is 55.7 cm³/mol. The van der Waals surface area contributed by atoms with Crippen LogP contribution in [-0.4, -0.2) is 33.9 Å². The molecule has 0 saturated carbocycles. The number of H-pyrrole nitrogens is 1. The largest absolute Gasteiger partial charge is 0.391 e. The molecule has 2 rings (SSSR count). The fraction of sp³-hybridized carbons (Fsp3) is 0.600. The molecule has 2 heterocycles. The van der Waals surface area contributed by atoms with Crippen molar-refractivity contribution in [3.05, 3.63) is 11.8 Å². The molecule has 82 valence electrons. The summed E-state index contributed by atoms with van der Waals surface area (Å²) >= 11 is 0. The Bertz CT molecular complexity index is 372. The zero-order valence-corrected chi connectivity index (χ0v) is 8.90. The van der Waals surface area contributed by atoms with Crippen LogP contribution in [0.5, 0.6) is 0 Å². The first-order chi connectivity index (χ1) is 7.08. The van der Waals surface area contributed by atoms with Gasteiger partial charge in [0.2, 0.25) is 5.91 Å². The SMILES string of the molecule is CC(C)c1cc(N2CC(O)CC2=O)n[nH]1. The second-order valence-electron chi connectivity index (χ2n) is 4.20. The van der Waals surface area contributed by atoms with E-state index in [1.165, 1.54) is 4.90 Å². The Morgan fingerprint density at radius 1 is 1.67 bits per heavy atom. The van der Waals surface area contributed by atoms with E-state index in [0.29, 0.717) is 18.3 Å². The number of β-amino-alcohol motifs (C(OH)–C–C–N with tert-alkyl or cyclic N) is 1. The van der Waals surface area contributed by atoms with E-state index in [4.69, 9.17) is 0 Å². The van der Waals surface area contributed by atoms with Crippen LogP contribution in [0.1, 0.15) is 31.9 Å². The summed E-state index contributed by atoms with van der Waals surface area (Å²) in [4.78, 5) is 13.0. The molecule has 1 aromatic rings. The maximum Gasteiger partial charge on any atom is 0.230 e. The minimum absolute atomic E-state index is 0.0655. The van der Waals surface area contributed by atoms with Gasteiger partial charge in [-0.25, -0.2) is 0 Å². The van der Waals surface area contributed by atoms with Crippen LogP contribution >= 0.6 is 0 Å². The topological polar surface area (TPSA) is 69.2 Å². The summed E-state index contributed by atoms with van der Waals surface area (Å²) in [6.45, 7) is 4.46. The van der Waals surface area contributed by atoms with Crippen molar-refractivity contribution in [2.24, 2.45) is 0 Å². The van der Waals surface area contributed by atoms with E-state index in [9.17, 15) is 9.90 Å². The zero-order valence-electron chi connectivity index (χ0n) is 8.90. The quantitative estimate of drug-likeness (QED) is 0.750. The normalized spacial score (nSPS) is 21.7. The molecule has 0 bridgehead atoms. The third-order valence-electron chi connectivity index (χ3n) is 2.59. The van der Waals surface area contributed by atoms with Crippen LogP contribution < -0.4 is 4.90 Å². The van der Waals surface area contributed by atoms with Gasteiger partial charge in [-0.2, -0.15) is 5.10 Å². The number of anilines is 1. The summed E-state index contributed by atoms with van der Waals surface area (Å²) in [5, 5.41) is 16.3. The van der Waals surface area contributed by atoms with Gasteiger partial charge >= 0.3 is 0 Å². The number of nitrogens with one attached hydrogen (secondary N) is 1. The second-order valence-corrected chi connectivity index (χ2v) is 4.20. The molecule has 1 aromatic heterocycles. The molecule has 1 amide bonds. The molecule has 1 aliphatic heterocycles. The number of hydrogen-bond donors (Lipinski definition) is 2. The first-order valence-corrected chi connectivity index (χ1v) is 5.11. The van der Waals surface area contributed by atoms with Crippen molar-refractivity contribution < 1.29 is 9.90 Å². The number of aliphatic hydroxyl groups excluding tert-OH is 1. The maximum absolute atomic E-state index is 11.5. The highest BCUT2D eigenvalue weighted by molar-refractivity contribution is 5.95. The molecule has 0 aromatic carbocycles. The monoisotopic (exact) mass is 209 g/mol. The van der Waals surface area contributed by atoms with Crippen molar-refractivity contribution in [2.75, 3.05) is 11.4 Å². The first kappa shape index (κ1) is 10.2. The Morgan fingerprint density at radius 3 is 2.87 bits per heavy atom. The molecule has 5 nitrogen and oxygen atoms in total. The minimum atomic E-state index is -0.559. The van der Waals surface area contributed by atoms with Gasteiger partial charge in [-0.05, 0) is 5.92 Å². The summed E-state index contributed by atoms with van der Waals surface area (Å²) in [6.07, 6.45) is -0.360. The number of amides is 1. The summed E-state index contributed by atoms with van der Waals surface area (Å²) in [5.74, 6) is 0.901. The summed E-state index contributed by atoms with van der Waals surface area (Å²) < 4.78 is 0. The van der Waals surface area contributed by atoms with Crippen LogP contribution in [0.25, 0.3) is 0 Å². The number of nitrogens with zero attached hydrogens (tertiary/aromatic N) is 2. The number of carbonyl (C=O) groups is 1. The maximum atomic E-state index is 11.5. The van der Waals surface area contributed by atoms with Crippen molar-refractivity contribution in [3.63, 3.8) is 0 Å². The molecule has 1 fully saturated rings. The third kappa shape index (κ3) is 1.87. The molecule has 0 spiro atoms. The van der Waals surface area contributed by atoms with Gasteiger partial charge in [0.05, 0.1) is 19.1 Å². The van der Waals surface area contributed by atoms with Gasteiger partial charge < -0.3 is 5.11 Å². The lowest BCUT2D eigenvalue weighted by Gasteiger charge is -2.10. The van der Waals surface area contributed by atoms with E-state index in [1.807, 2.05) is 6.07 Å². The van der Waals surface area contributed by atoms with Gasteiger partial charge in [-0.1, -0.05) is 13.8 Å². The molecule has 0 aliphatic carbocycles. The molecule has 5 heteroatoms. The average Bonchev–Trinajstić information content (AvgIpc) is 2.71. The van der Waals surface area contributed by atoms with Gasteiger partial charge in [-0.15, -0.1) is 0 Å². The van der Waals surface area contributed by atoms with Crippen molar-refractivity contribution >= 4 is 11.7 Å². The van der Waals surface area contributed by atoms with E-state index in [1.54, 1.807) is 0 Å². The molecule has 1 atom stereocenters. The van der Waals surface area contributed by atoms with E-state index < -0.39 is 6.10 Å². The number of aliphatic hydroxyl groups is 1. The van der Waals surface area contributed by atoms with Crippen LogP contribution in [0.2, 0.25) is 0 Å². The fourth-order valence-electron chi connectivity index (χ4n) is 1.67. The van der Waals surface area contributed by atoms with Crippen LogP contribution in [0.3, 0.4) is 0 Å². The van der Waals surface area contributed by atoms with Crippen LogP contribution in [0.4, 0.5) is 5.82 Å². The van der Waals surface area contributed by atoms with E-state index in [-0.39, 0.29) is 12.3 Å². The van der Waals surface area contributed by atoms with Crippen molar-refractivity contribution in [3.8, 4) is 0 Å². The molecular formula is C10H15N3O2. The standard InChI is InChI=1S/C10H15N3O2/c1-6(2)8-4-9(12-11-8)13-5-7(14)3-10(13)15/h4,6-7,14H,3,5H2,1-2H3,(H,11,12). The molecular weight excluding hydrogens is 194 g/mol. The lowest BCUT2D eigenvalue weighted by Crippen LogP contribution is -2.25. The van der Waals surface area contributed by atoms with Crippen molar-refractivity contribution in [1.29, 1.82) is 0 Å². The Balaban J connectivity index is 2.19. The molecule has 1 aliphatic rings. The highest BCUT2D eigenvalue weighted by Crippen LogP contribution is 2.22. The average molecular weight is 209 g/mol. The molecule has 1 saturated heterocycles. The van der Waals surface area contributed by atoms with E-state index in [2.05, 4.69) is 24.0 Å². The molecule has 1 unspecified atom stereocenters. The van der Waals surface area contributed by atoms with Crippen molar-refractivity contribution in [1.82, 2.24) is 10.2 Å². The third-order valence-corrected chi connectivity index (χ3v) is 2.59. The Labute approximate surface area is 88.1 Å². The van der Waals surface area contributed by atoms with E-state index in [0.717, 1.165) is 5.69 Å². The molecule has 2 N–H and O–H groups in total. The summed E-state index contributed by atoms with van der Waals surface area (Å²) in [7, 11) is 0. The second kappa shape index (κ2) is 3.66. The van der Waals surface area contributed by atoms with Gasteiger partial charge in [0, 0.05) is 11.8 Å². The minimum Gasteiger partial charge on any atom is -0.391 e. The van der Waals surface area contributed by atoms with Crippen LogP contribution in [0, 0.1) is 0 Å². The zero-order chi connectivity index (χ0) is 11.0. The predicted octanol–water partition coefficient (Wildman–Crippen LogP) is 0.631. The Hall–Kier alpha value is -1.36. The van der Waals surface area contributed by atoms with Crippen molar-refractivity contribution in [2.45, 2.75) is 32.3 Å². The highest BCUT2D eigenvalue weighted by atomic mass is 16.3. The number of aromatic nitrogens is 2. The van der Waals surface area contributed by atoms with Gasteiger partial charge in [0.25, 0.3) is 0 Å². The lowest BCUT2D eigenvalue weighted by atomic mass is 10.1. The van der Waals surface area contributed by atoms with Crippen LogP contribution in [-0.2, 0) is 4.79 Å².